The second-order valence-corrected chi connectivity index (χ2v) is 3.96. The van der Waals surface area contributed by atoms with Crippen LogP contribution in [0.25, 0.3) is 0 Å². The van der Waals surface area contributed by atoms with Crippen molar-refractivity contribution in [1.29, 1.82) is 5.26 Å². The van der Waals surface area contributed by atoms with E-state index in [9.17, 15) is 14.9 Å². The van der Waals surface area contributed by atoms with E-state index >= 15 is 0 Å². The number of amides is 1. The average molecular weight is 271 g/mol. The van der Waals surface area contributed by atoms with E-state index in [0.717, 1.165) is 6.07 Å². The summed E-state index contributed by atoms with van der Waals surface area (Å²) in [6.07, 6.45) is 1.36. The summed E-state index contributed by atoms with van der Waals surface area (Å²) in [4.78, 5) is 22.0. The van der Waals surface area contributed by atoms with Gasteiger partial charge in [0.05, 0.1) is 27.9 Å². The van der Waals surface area contributed by atoms with E-state index in [1.807, 2.05) is 6.07 Å². The van der Waals surface area contributed by atoms with Crippen molar-refractivity contribution in [3.05, 3.63) is 51.3 Å². The van der Waals surface area contributed by atoms with Crippen molar-refractivity contribution in [2.24, 2.45) is 0 Å². The van der Waals surface area contributed by atoms with Gasteiger partial charge in [-0.25, -0.2) is 0 Å². The van der Waals surface area contributed by atoms with Crippen LogP contribution in [0, 0.1) is 28.4 Å². The first kappa shape index (κ1) is 13.2. The minimum absolute atomic E-state index is 0.0219. The lowest BCUT2D eigenvalue weighted by atomic mass is 10.1. The third-order valence-corrected chi connectivity index (χ3v) is 2.66. The summed E-state index contributed by atoms with van der Waals surface area (Å²) < 4.78 is 0. The lowest BCUT2D eigenvalue weighted by molar-refractivity contribution is -0.384. The highest BCUT2D eigenvalue weighted by Gasteiger charge is 2.15. The standard InChI is InChI=1S/C12H9N5O3/c1-7-10(6-14-16-7)12(18)15-11-3-2-9(17(19)20)4-8(11)5-13/h2-4,6H,1H3,(H,14,16)(H,15,18). The van der Waals surface area contributed by atoms with Crippen molar-refractivity contribution < 1.29 is 9.72 Å². The van der Waals surface area contributed by atoms with E-state index in [-0.39, 0.29) is 16.9 Å². The summed E-state index contributed by atoms with van der Waals surface area (Å²) >= 11 is 0. The highest BCUT2D eigenvalue weighted by molar-refractivity contribution is 6.05. The molecule has 0 saturated carbocycles. The number of hydrogen-bond acceptors (Lipinski definition) is 5. The number of carbonyl (C=O) groups excluding carboxylic acids is 1. The predicted octanol–water partition coefficient (Wildman–Crippen LogP) is 1.75. The van der Waals surface area contributed by atoms with Crippen LogP contribution in [0.5, 0.6) is 0 Å². The second-order valence-electron chi connectivity index (χ2n) is 3.96. The molecule has 1 heterocycles. The van der Waals surface area contributed by atoms with Crippen LogP contribution in [-0.2, 0) is 0 Å². The fraction of sp³-hybridized carbons (Fsp3) is 0.0833. The summed E-state index contributed by atoms with van der Waals surface area (Å²) in [6, 6.07) is 5.47. The molecule has 2 rings (SSSR count). The Bertz CT molecular complexity index is 729. The molecular formula is C12H9N5O3. The first-order chi connectivity index (χ1) is 9.52. The molecule has 1 aromatic heterocycles. The molecule has 0 spiro atoms. The summed E-state index contributed by atoms with van der Waals surface area (Å²) in [6.45, 7) is 1.68. The van der Waals surface area contributed by atoms with Gasteiger partial charge in [0.25, 0.3) is 11.6 Å². The van der Waals surface area contributed by atoms with E-state index in [0.29, 0.717) is 11.3 Å². The monoisotopic (exact) mass is 271 g/mol. The van der Waals surface area contributed by atoms with Gasteiger partial charge in [-0.2, -0.15) is 10.4 Å². The summed E-state index contributed by atoms with van der Waals surface area (Å²) in [5.74, 6) is -0.443. The van der Waals surface area contributed by atoms with Gasteiger partial charge < -0.3 is 5.32 Å². The van der Waals surface area contributed by atoms with Crippen LogP contribution in [0.1, 0.15) is 21.6 Å². The zero-order valence-corrected chi connectivity index (χ0v) is 10.4. The molecule has 0 atom stereocenters. The first-order valence-electron chi connectivity index (χ1n) is 5.53. The Labute approximate surface area is 113 Å². The van der Waals surface area contributed by atoms with Gasteiger partial charge in [-0.3, -0.25) is 20.0 Å². The third kappa shape index (κ3) is 2.46. The van der Waals surface area contributed by atoms with Gasteiger partial charge in [-0.15, -0.1) is 0 Å². The Kier molecular flexibility index (Phi) is 3.43. The maximum Gasteiger partial charge on any atom is 0.270 e. The number of aryl methyl sites for hydroxylation is 1. The molecule has 0 aliphatic heterocycles. The summed E-state index contributed by atoms with van der Waals surface area (Å²) in [5.41, 5.74) is 0.951. The van der Waals surface area contributed by atoms with E-state index < -0.39 is 10.8 Å². The zero-order chi connectivity index (χ0) is 14.7. The predicted molar refractivity (Wildman–Crippen MR) is 69.1 cm³/mol. The van der Waals surface area contributed by atoms with E-state index in [1.54, 1.807) is 6.92 Å². The van der Waals surface area contributed by atoms with Gasteiger partial charge in [0.2, 0.25) is 0 Å². The van der Waals surface area contributed by atoms with Crippen LogP contribution in [0.4, 0.5) is 11.4 Å². The minimum atomic E-state index is -0.604. The molecule has 0 bridgehead atoms. The number of non-ortho nitro benzene ring substituents is 1. The van der Waals surface area contributed by atoms with Crippen LogP contribution >= 0.6 is 0 Å². The maximum absolute atomic E-state index is 12.0. The number of H-pyrrole nitrogens is 1. The fourth-order valence-corrected chi connectivity index (χ4v) is 1.62. The molecule has 0 radical (unpaired) electrons. The Morgan fingerprint density at radius 1 is 1.55 bits per heavy atom. The van der Waals surface area contributed by atoms with Gasteiger partial charge in [-0.1, -0.05) is 0 Å². The summed E-state index contributed by atoms with van der Waals surface area (Å²) in [5, 5.41) is 28.5. The molecule has 0 fully saturated rings. The van der Waals surface area contributed by atoms with Gasteiger partial charge in [0, 0.05) is 17.8 Å². The molecule has 0 aliphatic carbocycles. The normalized spacial score (nSPS) is 9.80. The maximum atomic E-state index is 12.0. The Morgan fingerprint density at radius 2 is 2.30 bits per heavy atom. The van der Waals surface area contributed by atoms with Crippen molar-refractivity contribution >= 4 is 17.3 Å². The molecule has 2 aromatic rings. The number of aromatic nitrogens is 2. The third-order valence-electron chi connectivity index (χ3n) is 2.66. The van der Waals surface area contributed by atoms with Gasteiger partial charge in [0.15, 0.2) is 0 Å². The molecule has 1 aromatic carbocycles. The number of rotatable bonds is 3. The number of aromatic amines is 1. The zero-order valence-electron chi connectivity index (χ0n) is 10.4. The van der Waals surface area contributed by atoms with E-state index in [4.69, 9.17) is 5.26 Å². The van der Waals surface area contributed by atoms with Crippen molar-refractivity contribution in [2.45, 2.75) is 6.92 Å². The fourth-order valence-electron chi connectivity index (χ4n) is 1.62. The molecule has 0 unspecified atom stereocenters. The molecule has 0 saturated heterocycles. The molecule has 8 nitrogen and oxygen atoms in total. The lowest BCUT2D eigenvalue weighted by Gasteiger charge is -2.06. The van der Waals surface area contributed by atoms with Crippen LogP contribution < -0.4 is 5.32 Å². The number of anilines is 1. The largest absolute Gasteiger partial charge is 0.321 e. The highest BCUT2D eigenvalue weighted by atomic mass is 16.6. The summed E-state index contributed by atoms with van der Waals surface area (Å²) in [7, 11) is 0. The number of nitrogens with one attached hydrogen (secondary N) is 2. The van der Waals surface area contributed by atoms with Crippen LogP contribution in [-0.4, -0.2) is 21.0 Å². The molecule has 1 amide bonds. The number of hydrogen-bond donors (Lipinski definition) is 2. The smallest absolute Gasteiger partial charge is 0.270 e. The molecule has 100 valence electrons. The number of nitriles is 1. The van der Waals surface area contributed by atoms with Gasteiger partial charge in [-0.05, 0) is 13.0 Å². The lowest BCUT2D eigenvalue weighted by Crippen LogP contribution is -2.13. The van der Waals surface area contributed by atoms with Gasteiger partial charge in [0.1, 0.15) is 6.07 Å². The van der Waals surface area contributed by atoms with E-state index in [1.165, 1.54) is 18.3 Å². The average Bonchev–Trinajstić information content (AvgIpc) is 2.85. The molecule has 2 N–H and O–H groups in total. The second kappa shape index (κ2) is 5.19. The van der Waals surface area contributed by atoms with Crippen molar-refractivity contribution in [3.8, 4) is 6.07 Å². The van der Waals surface area contributed by atoms with Gasteiger partial charge >= 0.3 is 0 Å². The number of nitro benzene ring substituents is 1. The number of carbonyl (C=O) groups is 1. The van der Waals surface area contributed by atoms with Crippen molar-refractivity contribution in [1.82, 2.24) is 10.2 Å². The highest BCUT2D eigenvalue weighted by Crippen LogP contribution is 2.22. The molecule has 8 heteroatoms. The number of nitrogens with zero attached hydrogens (tertiary/aromatic N) is 3. The van der Waals surface area contributed by atoms with Crippen LogP contribution in [0.2, 0.25) is 0 Å². The SMILES string of the molecule is Cc1[nH]ncc1C(=O)Nc1ccc([N+](=O)[O-])cc1C#N. The van der Waals surface area contributed by atoms with Crippen molar-refractivity contribution in [3.63, 3.8) is 0 Å². The van der Waals surface area contributed by atoms with Crippen molar-refractivity contribution in [2.75, 3.05) is 5.32 Å². The molecule has 0 aliphatic rings. The molecule has 20 heavy (non-hydrogen) atoms. The number of benzene rings is 1. The Balaban J connectivity index is 2.31. The molecular weight excluding hydrogens is 262 g/mol. The topological polar surface area (TPSA) is 125 Å². The van der Waals surface area contributed by atoms with E-state index in [2.05, 4.69) is 15.5 Å². The number of nitro groups is 1. The van der Waals surface area contributed by atoms with Crippen LogP contribution in [0.15, 0.2) is 24.4 Å². The van der Waals surface area contributed by atoms with Crippen LogP contribution in [0.3, 0.4) is 0 Å². The first-order valence-corrected chi connectivity index (χ1v) is 5.53. The Morgan fingerprint density at radius 3 is 2.85 bits per heavy atom. The minimum Gasteiger partial charge on any atom is -0.321 e. The quantitative estimate of drug-likeness (QED) is 0.649. The Hall–Kier alpha value is -3.21.